The molecule has 24 heavy (non-hydrogen) atoms. The minimum atomic E-state index is -1.36. The van der Waals surface area contributed by atoms with Crippen molar-refractivity contribution in [3.63, 3.8) is 0 Å². The Morgan fingerprint density at radius 1 is 1.12 bits per heavy atom. The van der Waals surface area contributed by atoms with Gasteiger partial charge in [0.05, 0.1) is 24.7 Å². The monoisotopic (exact) mass is 344 g/mol. The Hall–Kier alpha value is -1.54. The zero-order valence-electron chi connectivity index (χ0n) is 14.3. The lowest BCUT2D eigenvalue weighted by molar-refractivity contribution is -0.140. The number of hydrogen-bond donors (Lipinski definition) is 0. The first-order valence-corrected chi connectivity index (χ1v) is 7.56. The van der Waals surface area contributed by atoms with E-state index in [1.54, 1.807) is 27.7 Å². The molecule has 1 unspecified atom stereocenters. The van der Waals surface area contributed by atoms with Crippen LogP contribution >= 0.6 is 0 Å². The Balaban J connectivity index is 2.48. The van der Waals surface area contributed by atoms with E-state index in [0.29, 0.717) is 6.07 Å². The molecule has 1 saturated heterocycles. The summed E-state index contributed by atoms with van der Waals surface area (Å²) in [6.07, 6.45) is -0.412. The summed E-state index contributed by atoms with van der Waals surface area (Å²) < 4.78 is 58.2. The second kappa shape index (κ2) is 6.40. The highest BCUT2D eigenvalue weighted by molar-refractivity contribution is 6.48. The SMILES string of the molecule is COC(=O)CC(B1OC(C)(C)C(C)(C)O1)c1c(F)ccc(F)c1F. The van der Waals surface area contributed by atoms with Crippen molar-refractivity contribution in [2.24, 2.45) is 0 Å². The van der Waals surface area contributed by atoms with Crippen molar-refractivity contribution < 1.29 is 32.0 Å². The first kappa shape index (κ1) is 18.8. The third-order valence-electron chi connectivity index (χ3n) is 4.66. The molecule has 1 fully saturated rings. The lowest BCUT2D eigenvalue weighted by Gasteiger charge is -2.32. The van der Waals surface area contributed by atoms with Crippen LogP contribution in [0.25, 0.3) is 0 Å². The molecule has 132 valence electrons. The first-order valence-electron chi connectivity index (χ1n) is 7.56. The van der Waals surface area contributed by atoms with Gasteiger partial charge in [-0.2, -0.15) is 0 Å². The van der Waals surface area contributed by atoms with Crippen LogP contribution in [0.5, 0.6) is 0 Å². The van der Waals surface area contributed by atoms with Crippen molar-refractivity contribution in [3.05, 3.63) is 35.1 Å². The van der Waals surface area contributed by atoms with E-state index in [0.717, 1.165) is 13.2 Å². The number of carbonyl (C=O) groups is 1. The van der Waals surface area contributed by atoms with Crippen LogP contribution in [-0.4, -0.2) is 31.4 Å². The summed E-state index contributed by atoms with van der Waals surface area (Å²) in [5.74, 6) is -5.44. The normalized spacial score (nSPS) is 20.1. The highest BCUT2D eigenvalue weighted by atomic mass is 19.2. The van der Waals surface area contributed by atoms with E-state index in [9.17, 15) is 18.0 Å². The summed E-state index contributed by atoms with van der Waals surface area (Å²) in [4.78, 5) is 11.7. The van der Waals surface area contributed by atoms with Gasteiger partial charge in [-0.05, 0) is 39.8 Å². The zero-order valence-corrected chi connectivity index (χ0v) is 14.3. The first-order chi connectivity index (χ1) is 11.0. The molecule has 0 radical (unpaired) electrons. The molecule has 0 aliphatic carbocycles. The molecule has 1 heterocycles. The molecule has 0 bridgehead atoms. The van der Waals surface area contributed by atoms with Crippen LogP contribution in [0, 0.1) is 17.5 Å². The maximum Gasteiger partial charge on any atom is 0.466 e. The van der Waals surface area contributed by atoms with Gasteiger partial charge in [-0.1, -0.05) is 0 Å². The molecule has 1 atom stereocenters. The Labute approximate surface area is 139 Å². The molecule has 0 amide bonds. The summed E-state index contributed by atoms with van der Waals surface area (Å²) in [6.45, 7) is 7.06. The third-order valence-corrected chi connectivity index (χ3v) is 4.66. The molecule has 0 saturated carbocycles. The minimum absolute atomic E-state index is 0.412. The highest BCUT2D eigenvalue weighted by Crippen LogP contribution is 2.42. The fourth-order valence-corrected chi connectivity index (χ4v) is 2.53. The molecule has 1 aromatic rings. The number of hydrogen-bond acceptors (Lipinski definition) is 4. The fourth-order valence-electron chi connectivity index (χ4n) is 2.53. The second-order valence-corrected chi connectivity index (χ2v) is 6.77. The predicted molar refractivity (Wildman–Crippen MR) is 81.8 cm³/mol. The summed E-state index contributed by atoms with van der Waals surface area (Å²) in [7, 11) is 0.0296. The molecule has 1 aromatic carbocycles. The van der Waals surface area contributed by atoms with Gasteiger partial charge >= 0.3 is 13.1 Å². The molecule has 2 rings (SSSR count). The average Bonchev–Trinajstić information content (AvgIpc) is 2.70. The van der Waals surface area contributed by atoms with Gasteiger partial charge < -0.3 is 14.0 Å². The lowest BCUT2D eigenvalue weighted by atomic mass is 9.66. The van der Waals surface area contributed by atoms with Crippen molar-refractivity contribution in [1.29, 1.82) is 0 Å². The predicted octanol–water partition coefficient (Wildman–Crippen LogP) is 3.38. The van der Waals surface area contributed by atoms with E-state index in [2.05, 4.69) is 4.74 Å². The second-order valence-electron chi connectivity index (χ2n) is 6.77. The van der Waals surface area contributed by atoms with E-state index < -0.39 is 59.5 Å². The summed E-state index contributed by atoms with van der Waals surface area (Å²) in [5.41, 5.74) is -2.13. The van der Waals surface area contributed by atoms with Gasteiger partial charge in [0, 0.05) is 11.4 Å². The van der Waals surface area contributed by atoms with Gasteiger partial charge in [0.2, 0.25) is 0 Å². The number of benzene rings is 1. The number of halogens is 3. The summed E-state index contributed by atoms with van der Waals surface area (Å²) >= 11 is 0. The van der Waals surface area contributed by atoms with E-state index in [1.807, 2.05) is 0 Å². The molecular formula is C16H20BF3O4. The van der Waals surface area contributed by atoms with Gasteiger partial charge in [-0.25, -0.2) is 13.2 Å². The van der Waals surface area contributed by atoms with Crippen LogP contribution in [0.1, 0.15) is 45.5 Å². The van der Waals surface area contributed by atoms with E-state index >= 15 is 0 Å². The van der Waals surface area contributed by atoms with Crippen molar-refractivity contribution in [1.82, 2.24) is 0 Å². The Bertz CT molecular complexity index is 632. The molecule has 8 heteroatoms. The van der Waals surface area contributed by atoms with Gasteiger partial charge in [0.15, 0.2) is 11.6 Å². The third kappa shape index (κ3) is 3.30. The Morgan fingerprint density at radius 3 is 2.12 bits per heavy atom. The number of carbonyl (C=O) groups excluding carboxylic acids is 1. The largest absolute Gasteiger partial charge is 0.469 e. The zero-order chi connectivity index (χ0) is 18.3. The molecule has 0 spiro atoms. The van der Waals surface area contributed by atoms with Crippen LogP contribution < -0.4 is 0 Å². The van der Waals surface area contributed by atoms with Crippen LogP contribution in [0.15, 0.2) is 12.1 Å². The maximum atomic E-state index is 14.2. The number of ether oxygens (including phenoxy) is 1. The van der Waals surface area contributed by atoms with Gasteiger partial charge in [-0.3, -0.25) is 4.79 Å². The van der Waals surface area contributed by atoms with E-state index in [1.165, 1.54) is 0 Å². The van der Waals surface area contributed by atoms with Crippen LogP contribution in [0.4, 0.5) is 13.2 Å². The van der Waals surface area contributed by atoms with Gasteiger partial charge in [0.1, 0.15) is 5.82 Å². The van der Waals surface area contributed by atoms with Crippen LogP contribution in [0.3, 0.4) is 0 Å². The molecule has 1 aliphatic heterocycles. The fraction of sp³-hybridized carbons (Fsp3) is 0.562. The maximum absolute atomic E-state index is 14.2. The van der Waals surface area contributed by atoms with E-state index in [-0.39, 0.29) is 0 Å². The van der Waals surface area contributed by atoms with Crippen molar-refractivity contribution >= 4 is 13.1 Å². The Kier molecular flexibility index (Phi) is 5.02. The smallest absolute Gasteiger partial charge is 0.466 e. The van der Waals surface area contributed by atoms with Gasteiger partial charge in [-0.15, -0.1) is 0 Å². The van der Waals surface area contributed by atoms with Gasteiger partial charge in [0.25, 0.3) is 0 Å². The molecular weight excluding hydrogens is 324 g/mol. The highest BCUT2D eigenvalue weighted by Gasteiger charge is 2.55. The number of rotatable bonds is 4. The molecule has 0 aromatic heterocycles. The molecule has 1 aliphatic rings. The minimum Gasteiger partial charge on any atom is -0.469 e. The van der Waals surface area contributed by atoms with Crippen LogP contribution in [-0.2, 0) is 18.8 Å². The van der Waals surface area contributed by atoms with Crippen molar-refractivity contribution in [2.45, 2.75) is 51.1 Å². The quantitative estimate of drug-likeness (QED) is 0.477. The lowest BCUT2D eigenvalue weighted by Crippen LogP contribution is -2.41. The summed E-state index contributed by atoms with van der Waals surface area (Å²) in [6, 6.07) is 1.50. The number of esters is 1. The van der Waals surface area contributed by atoms with Crippen molar-refractivity contribution in [3.8, 4) is 0 Å². The Morgan fingerprint density at radius 2 is 1.62 bits per heavy atom. The molecule has 0 N–H and O–H groups in total. The van der Waals surface area contributed by atoms with E-state index in [4.69, 9.17) is 9.31 Å². The summed E-state index contributed by atoms with van der Waals surface area (Å²) in [5, 5.41) is 0. The number of methoxy groups -OCH3 is 1. The average molecular weight is 344 g/mol. The topological polar surface area (TPSA) is 44.8 Å². The molecule has 4 nitrogen and oxygen atoms in total. The standard InChI is InChI=1S/C16H20BF3O4/c1-15(2)16(3,4)24-17(23-15)9(8-12(21)22-5)13-10(18)6-7-11(19)14(13)20/h6-7,9H,8H2,1-5H3. The van der Waals surface area contributed by atoms with Crippen LogP contribution in [0.2, 0.25) is 0 Å². The van der Waals surface area contributed by atoms with Crippen molar-refractivity contribution in [2.75, 3.05) is 7.11 Å².